The van der Waals surface area contributed by atoms with E-state index in [1.807, 2.05) is 6.20 Å². The third kappa shape index (κ3) is 3.06. The normalized spacial score (nSPS) is 26.7. The van der Waals surface area contributed by atoms with Crippen LogP contribution in [0.1, 0.15) is 37.7 Å². The molecule has 2 aliphatic heterocycles. The van der Waals surface area contributed by atoms with Crippen molar-refractivity contribution < 1.29 is 0 Å². The van der Waals surface area contributed by atoms with Crippen LogP contribution >= 0.6 is 0 Å². The fraction of sp³-hybridized carbons (Fsp3) is 0.706. The topological polar surface area (TPSA) is 31.4 Å². The molecule has 0 radical (unpaired) electrons. The summed E-state index contributed by atoms with van der Waals surface area (Å²) in [5.74, 6) is 0. The summed E-state index contributed by atoms with van der Waals surface area (Å²) in [5, 5.41) is 3.63. The quantitative estimate of drug-likeness (QED) is 0.917. The number of nitrogens with zero attached hydrogens (tertiary/aromatic N) is 3. The van der Waals surface area contributed by atoms with E-state index in [1.165, 1.54) is 63.0 Å². The predicted octanol–water partition coefficient (Wildman–Crippen LogP) is 2.01. The van der Waals surface area contributed by atoms with Gasteiger partial charge < -0.3 is 10.2 Å². The lowest BCUT2D eigenvalue weighted by Gasteiger charge is -2.45. The van der Waals surface area contributed by atoms with Crippen molar-refractivity contribution in [3.8, 4) is 0 Å². The van der Waals surface area contributed by atoms with E-state index in [2.05, 4.69) is 32.4 Å². The molecule has 0 amide bonds. The maximum absolute atomic E-state index is 4.34. The maximum Gasteiger partial charge on any atom is 0.0443 e. The second-order valence-electron chi connectivity index (χ2n) is 6.79. The molecule has 1 aromatic rings. The van der Waals surface area contributed by atoms with E-state index in [9.17, 15) is 0 Å². The Morgan fingerprint density at radius 2 is 2.10 bits per heavy atom. The zero-order chi connectivity index (χ0) is 14.1. The summed E-state index contributed by atoms with van der Waals surface area (Å²) >= 11 is 0. The van der Waals surface area contributed by atoms with Crippen LogP contribution in [0.3, 0.4) is 0 Å². The molecule has 1 unspecified atom stereocenters. The van der Waals surface area contributed by atoms with E-state index in [1.54, 1.807) is 0 Å². The van der Waals surface area contributed by atoms with Crippen molar-refractivity contribution in [1.82, 2.24) is 15.2 Å². The number of hydrogen-bond donors (Lipinski definition) is 1. The van der Waals surface area contributed by atoms with Gasteiger partial charge in [0.15, 0.2) is 0 Å². The zero-order valence-electron chi connectivity index (χ0n) is 12.8. The molecule has 3 aliphatic rings. The van der Waals surface area contributed by atoms with Crippen molar-refractivity contribution in [2.24, 2.45) is 0 Å². The number of rotatable bonds is 4. The molecular weight excluding hydrogens is 260 g/mol. The number of aromatic nitrogens is 1. The van der Waals surface area contributed by atoms with Crippen LogP contribution in [0.5, 0.6) is 0 Å². The summed E-state index contributed by atoms with van der Waals surface area (Å²) in [5.41, 5.74) is 2.78. The number of piperidine rings is 1. The number of hydrogen-bond acceptors (Lipinski definition) is 4. The molecule has 0 bridgehead atoms. The first-order valence-electron chi connectivity index (χ1n) is 8.55. The van der Waals surface area contributed by atoms with Gasteiger partial charge in [-0.25, -0.2) is 0 Å². The molecule has 1 N–H and O–H groups in total. The Labute approximate surface area is 127 Å². The second kappa shape index (κ2) is 5.93. The Bertz CT molecular complexity index is 485. The Kier molecular flexibility index (Phi) is 3.82. The van der Waals surface area contributed by atoms with Crippen LogP contribution in [-0.2, 0) is 6.54 Å². The Balaban J connectivity index is 1.47. The molecule has 4 nitrogen and oxygen atoms in total. The number of anilines is 1. The van der Waals surface area contributed by atoms with Crippen LogP contribution in [-0.4, -0.2) is 48.1 Å². The molecule has 4 rings (SSSR count). The summed E-state index contributed by atoms with van der Waals surface area (Å²) in [6.07, 6.45) is 10.9. The summed E-state index contributed by atoms with van der Waals surface area (Å²) in [6, 6.07) is 3.74. The van der Waals surface area contributed by atoms with Crippen LogP contribution in [0.4, 0.5) is 5.69 Å². The molecule has 1 atom stereocenters. The molecule has 1 aromatic heterocycles. The van der Waals surface area contributed by atoms with Gasteiger partial charge in [-0.1, -0.05) is 6.42 Å². The van der Waals surface area contributed by atoms with E-state index < -0.39 is 0 Å². The van der Waals surface area contributed by atoms with Gasteiger partial charge in [0.05, 0.1) is 0 Å². The highest BCUT2D eigenvalue weighted by molar-refractivity contribution is 5.53. The lowest BCUT2D eigenvalue weighted by atomic mass is 9.99. The van der Waals surface area contributed by atoms with Gasteiger partial charge in [-0.2, -0.15) is 0 Å². The van der Waals surface area contributed by atoms with Crippen molar-refractivity contribution >= 4 is 5.69 Å². The fourth-order valence-electron chi connectivity index (χ4n) is 3.78. The summed E-state index contributed by atoms with van der Waals surface area (Å²) in [6.45, 7) is 5.86. The first kappa shape index (κ1) is 13.5. The van der Waals surface area contributed by atoms with Gasteiger partial charge in [-0.05, 0) is 38.3 Å². The van der Waals surface area contributed by atoms with Crippen molar-refractivity contribution in [2.75, 3.05) is 31.1 Å². The summed E-state index contributed by atoms with van der Waals surface area (Å²) in [7, 11) is 0. The van der Waals surface area contributed by atoms with Crippen LogP contribution < -0.4 is 10.2 Å². The fourth-order valence-corrected chi connectivity index (χ4v) is 3.78. The highest BCUT2D eigenvalue weighted by Crippen LogP contribution is 2.27. The Morgan fingerprint density at radius 1 is 1.14 bits per heavy atom. The molecule has 0 spiro atoms. The molecule has 0 aromatic carbocycles. The second-order valence-corrected chi connectivity index (χ2v) is 6.79. The molecule has 3 heterocycles. The van der Waals surface area contributed by atoms with E-state index in [-0.39, 0.29) is 0 Å². The molecule has 114 valence electrons. The van der Waals surface area contributed by atoms with Crippen molar-refractivity contribution in [3.63, 3.8) is 0 Å². The third-order valence-electron chi connectivity index (χ3n) is 5.21. The van der Waals surface area contributed by atoms with Gasteiger partial charge in [-0.15, -0.1) is 0 Å². The third-order valence-corrected chi connectivity index (χ3v) is 5.21. The average Bonchev–Trinajstić information content (AvgIpc) is 3.37. The highest BCUT2D eigenvalue weighted by Gasteiger charge is 2.29. The van der Waals surface area contributed by atoms with E-state index >= 15 is 0 Å². The standard InChI is InChI=1S/C17H26N4/c1-2-8-20-9-10-21(13-16(20)3-1)17-6-7-18-11-14(17)12-19-15-4-5-15/h6-7,11,15-16,19H,1-5,8-10,12-13H2. The molecule has 21 heavy (non-hydrogen) atoms. The SMILES string of the molecule is c1cc(N2CCN3CCCCC3C2)c(CNC2CC2)cn1. The highest BCUT2D eigenvalue weighted by atomic mass is 15.3. The molecule has 3 fully saturated rings. The number of fused-ring (bicyclic) bond motifs is 1. The summed E-state index contributed by atoms with van der Waals surface area (Å²) in [4.78, 5) is 9.64. The van der Waals surface area contributed by atoms with E-state index in [0.29, 0.717) is 0 Å². The van der Waals surface area contributed by atoms with E-state index in [4.69, 9.17) is 0 Å². The molecular formula is C17H26N4. The number of nitrogens with one attached hydrogen (secondary N) is 1. The minimum Gasteiger partial charge on any atom is -0.368 e. The molecule has 2 saturated heterocycles. The monoisotopic (exact) mass is 286 g/mol. The van der Waals surface area contributed by atoms with Crippen molar-refractivity contribution in [2.45, 2.75) is 50.7 Å². The maximum atomic E-state index is 4.34. The summed E-state index contributed by atoms with van der Waals surface area (Å²) < 4.78 is 0. The minimum atomic E-state index is 0.758. The van der Waals surface area contributed by atoms with Crippen LogP contribution in [0.15, 0.2) is 18.5 Å². The largest absolute Gasteiger partial charge is 0.368 e. The predicted molar refractivity (Wildman–Crippen MR) is 85.5 cm³/mol. The first-order valence-corrected chi connectivity index (χ1v) is 8.55. The van der Waals surface area contributed by atoms with Crippen molar-refractivity contribution in [1.29, 1.82) is 0 Å². The first-order chi connectivity index (χ1) is 10.4. The van der Waals surface area contributed by atoms with Gasteiger partial charge in [0.1, 0.15) is 0 Å². The van der Waals surface area contributed by atoms with Crippen LogP contribution in [0.25, 0.3) is 0 Å². The lowest BCUT2D eigenvalue weighted by Crippen LogP contribution is -2.55. The van der Waals surface area contributed by atoms with E-state index in [0.717, 1.165) is 25.2 Å². The van der Waals surface area contributed by atoms with Gasteiger partial charge >= 0.3 is 0 Å². The Morgan fingerprint density at radius 3 is 3.00 bits per heavy atom. The van der Waals surface area contributed by atoms with Crippen molar-refractivity contribution in [3.05, 3.63) is 24.0 Å². The Hall–Kier alpha value is -1.13. The van der Waals surface area contributed by atoms with Gasteiger partial charge in [-0.3, -0.25) is 9.88 Å². The van der Waals surface area contributed by atoms with Gasteiger partial charge in [0.2, 0.25) is 0 Å². The average molecular weight is 286 g/mol. The molecule has 1 saturated carbocycles. The van der Waals surface area contributed by atoms with Crippen LogP contribution in [0, 0.1) is 0 Å². The smallest absolute Gasteiger partial charge is 0.0443 e. The van der Waals surface area contributed by atoms with Gasteiger partial charge in [0, 0.05) is 61.9 Å². The van der Waals surface area contributed by atoms with Crippen LogP contribution in [0.2, 0.25) is 0 Å². The number of piperazine rings is 1. The zero-order valence-corrected chi connectivity index (χ0v) is 12.8. The molecule has 4 heteroatoms. The van der Waals surface area contributed by atoms with Gasteiger partial charge in [0.25, 0.3) is 0 Å². The number of pyridine rings is 1. The molecule has 1 aliphatic carbocycles. The lowest BCUT2D eigenvalue weighted by molar-refractivity contribution is 0.133. The minimum absolute atomic E-state index is 0.758.